The van der Waals surface area contributed by atoms with Gasteiger partial charge in [0.15, 0.2) is 0 Å². The number of hydrogen-bond acceptors (Lipinski definition) is 11. The van der Waals surface area contributed by atoms with Crippen LogP contribution in [0, 0.1) is 35.0 Å². The van der Waals surface area contributed by atoms with Gasteiger partial charge in [-0.25, -0.2) is 0 Å². The molecule has 22 nitrogen and oxygen atoms in total. The largest absolute Gasteiger partial charge is 0.343 e. The molecule has 8 aliphatic rings. The molecule has 538 valence electrons. The lowest BCUT2D eigenvalue weighted by Gasteiger charge is -2.54. The maximum atomic E-state index is 15.5. The molecule has 96 heavy (non-hydrogen) atoms. The summed E-state index contributed by atoms with van der Waals surface area (Å²) >= 11 is 13.3. The third kappa shape index (κ3) is 18.7. The predicted molar refractivity (Wildman–Crippen MR) is 371 cm³/mol. The number of nitrogens with one attached hydrogen (secondary N) is 3. The van der Waals surface area contributed by atoms with E-state index in [9.17, 15) is 24.0 Å². The molecule has 6 bridgehead atoms. The van der Waals surface area contributed by atoms with Crippen LogP contribution in [0.2, 0.25) is 0 Å². The lowest BCUT2D eigenvalue weighted by atomic mass is 9.58. The number of carbonyl (C=O) groups excluding carboxylic acids is 11. The quantitative estimate of drug-likeness (QED) is 0.126. The zero-order chi connectivity index (χ0) is 70.7. The van der Waals surface area contributed by atoms with Gasteiger partial charge in [-0.1, -0.05) is 85.1 Å². The Balaban J connectivity index is 1.32. The molecule has 0 radical (unpaired) electrons. The van der Waals surface area contributed by atoms with E-state index in [0.717, 1.165) is 32.1 Å². The van der Waals surface area contributed by atoms with E-state index in [2.05, 4.69) is 28.1 Å². The van der Waals surface area contributed by atoms with E-state index >= 15 is 28.8 Å². The first-order chi connectivity index (χ1) is 45.4. The van der Waals surface area contributed by atoms with Gasteiger partial charge in [-0.15, -0.1) is 23.2 Å². The van der Waals surface area contributed by atoms with E-state index in [4.69, 9.17) is 23.2 Å². The average Bonchev–Trinajstić information content (AvgIpc) is 0.822. The van der Waals surface area contributed by atoms with Crippen molar-refractivity contribution in [2.45, 2.75) is 261 Å². The summed E-state index contributed by atoms with van der Waals surface area (Å²) in [7, 11) is 9.27. The van der Waals surface area contributed by atoms with Crippen LogP contribution in [-0.2, 0) is 52.7 Å². The Labute approximate surface area is 581 Å². The molecule has 1 saturated heterocycles. The lowest BCUT2D eigenvalue weighted by Crippen LogP contribution is -2.71. The SMILES string of the molecule is CCC(CC)[C@H]1C(=O)N(C)[C@H](C)CC(=O)N(C)[C@H]2CCC/C=C/C3CCC(CC3)C[C@@H](C(=O)N(C)CC(=O)N[C@@H](CCC3CCC(Cl)C(Cl)C3)C(=O)N3CCC[C@H]3C(=O)NC3(CC(C)(C)C3)C(=O)N1C)N1CC/C=C\C[C@@H](C1=O)N(C)C(=O)CN(C)C(=O)[C@H]([C@@H](C)CC)NC2=O. The van der Waals surface area contributed by atoms with Gasteiger partial charge in [0.2, 0.25) is 65.0 Å². The topological polar surface area (TPSA) is 250 Å². The summed E-state index contributed by atoms with van der Waals surface area (Å²) in [5.74, 6) is -5.93. The lowest BCUT2D eigenvalue weighted by molar-refractivity contribution is -0.160. The van der Waals surface area contributed by atoms with Crippen LogP contribution >= 0.6 is 23.2 Å². The van der Waals surface area contributed by atoms with Crippen LogP contribution in [0.1, 0.15) is 196 Å². The first kappa shape index (κ1) is 77.6. The molecule has 3 saturated carbocycles. The fourth-order valence-corrected chi connectivity index (χ4v) is 17.0. The monoisotopic (exact) mass is 1380 g/mol. The van der Waals surface area contributed by atoms with E-state index in [1.807, 2.05) is 53.7 Å². The highest BCUT2D eigenvalue weighted by Crippen LogP contribution is 2.49. The van der Waals surface area contributed by atoms with Crippen molar-refractivity contribution in [3.63, 3.8) is 0 Å². The van der Waals surface area contributed by atoms with Crippen LogP contribution in [0.5, 0.6) is 0 Å². The van der Waals surface area contributed by atoms with Gasteiger partial charge in [0.25, 0.3) is 0 Å². The summed E-state index contributed by atoms with van der Waals surface area (Å²) < 4.78 is 0. The highest BCUT2D eigenvalue weighted by molar-refractivity contribution is 6.30. The van der Waals surface area contributed by atoms with Gasteiger partial charge in [0.1, 0.15) is 47.8 Å². The molecule has 1 spiro atoms. The molecule has 0 aromatic heterocycles. The minimum Gasteiger partial charge on any atom is -0.343 e. The molecule has 3 N–H and O–H groups in total. The normalized spacial score (nSPS) is 33.2. The molecule has 5 heterocycles. The number of allylic oxidation sites excluding steroid dienone is 2. The Morgan fingerprint density at radius 1 is 0.573 bits per heavy atom. The van der Waals surface area contributed by atoms with E-state index in [0.29, 0.717) is 70.6 Å². The number of halogens is 2. The van der Waals surface area contributed by atoms with E-state index in [1.54, 1.807) is 33.0 Å². The van der Waals surface area contributed by atoms with Gasteiger partial charge >= 0.3 is 0 Å². The minimum atomic E-state index is -1.45. The summed E-state index contributed by atoms with van der Waals surface area (Å²) in [4.78, 5) is 177. The Morgan fingerprint density at radius 3 is 1.86 bits per heavy atom. The average molecular weight is 1380 g/mol. The van der Waals surface area contributed by atoms with E-state index < -0.39 is 138 Å². The number of hydrogen-bond donors (Lipinski definition) is 3. The van der Waals surface area contributed by atoms with Crippen molar-refractivity contribution in [2.24, 2.45) is 35.0 Å². The van der Waals surface area contributed by atoms with Gasteiger partial charge in [0.05, 0.1) is 18.5 Å². The summed E-state index contributed by atoms with van der Waals surface area (Å²) in [6.07, 6.45) is 18.7. The highest BCUT2D eigenvalue weighted by Gasteiger charge is 2.59. The predicted octanol–water partition coefficient (Wildman–Crippen LogP) is 7.03. The Hall–Kier alpha value is -5.77. The fourth-order valence-electron chi connectivity index (χ4n) is 16.4. The number of carbonyl (C=O) groups is 11. The molecule has 0 aromatic carbocycles. The second-order valence-corrected chi connectivity index (χ2v) is 31.5. The van der Waals surface area contributed by atoms with Crippen molar-refractivity contribution in [3.8, 4) is 0 Å². The minimum absolute atomic E-state index is 0.00767. The van der Waals surface area contributed by atoms with Crippen molar-refractivity contribution in [2.75, 3.05) is 68.5 Å². The number of rotatable bonds is 8. The standard InChI is InChI=1S/C72H115Cl2N11O11/c1-14-45(4)61-68(94)79(9)42-60(88)82(12)56-26-21-18-22-36-85(67(56)93)57-40-49-30-28-47(29-31-49)24-19-17-20-25-54(63(89)76-61)81(11)59(87)38-46(5)80(10)69(95)62(50(15-2)16-3)83(13)70(96)72(43-71(6,7)44-72)77-64(90)55-27-23-37-84(55)65(91)53(75-58(86)41-78(8)66(57)92)35-33-48-32-34-51(73)52(74)39-48/h18-19,21,24,45-57,61-62H,14-17,20,22-23,25-44H2,1-13H3,(H,75,86)(H,76,89)(H,77,90)/b21-18-,24-19+/t45-,46+,47?,48?,49?,51?,52?,53-,54-,55-,56-,57-,61-,62-/m0/s1. The Morgan fingerprint density at radius 2 is 1.22 bits per heavy atom. The molecule has 3 unspecified atom stereocenters. The van der Waals surface area contributed by atoms with Crippen molar-refractivity contribution < 1.29 is 52.7 Å². The van der Waals surface area contributed by atoms with Crippen molar-refractivity contribution in [3.05, 3.63) is 24.3 Å². The molecular formula is C72H115Cl2N11O11. The maximum Gasteiger partial charge on any atom is 0.248 e. The number of alkyl halides is 2. The molecule has 4 fully saturated rings. The zero-order valence-electron chi connectivity index (χ0n) is 59.9. The Bertz CT molecular complexity index is 2850. The van der Waals surface area contributed by atoms with Crippen LogP contribution in [-0.4, -0.2) is 237 Å². The van der Waals surface area contributed by atoms with E-state index in [-0.39, 0.29) is 97.9 Å². The molecule has 3 aliphatic carbocycles. The van der Waals surface area contributed by atoms with Crippen molar-refractivity contribution in [1.82, 2.24) is 55.1 Å². The van der Waals surface area contributed by atoms with Crippen molar-refractivity contribution >= 4 is 88.2 Å². The molecule has 12 atom stereocenters. The third-order valence-electron chi connectivity index (χ3n) is 22.7. The third-order valence-corrected chi connectivity index (χ3v) is 23.9. The number of likely N-dealkylation sites (N-methyl/N-ethyl adjacent to an activating group) is 6. The summed E-state index contributed by atoms with van der Waals surface area (Å²) in [6.45, 7) is 12.8. The first-order valence-corrected chi connectivity index (χ1v) is 36.9. The van der Waals surface area contributed by atoms with Gasteiger partial charge in [-0.3, -0.25) is 52.7 Å². The first-order valence-electron chi connectivity index (χ1n) is 36.0. The number of fused-ring (bicyclic) bond motifs is 9. The number of amides is 11. The van der Waals surface area contributed by atoms with Crippen LogP contribution in [0.4, 0.5) is 0 Å². The summed E-state index contributed by atoms with van der Waals surface area (Å²) in [5, 5.41) is 8.70. The highest BCUT2D eigenvalue weighted by atomic mass is 35.5. The fraction of sp³-hybridized carbons (Fsp3) is 0.792. The second-order valence-electron chi connectivity index (χ2n) is 30.3. The molecule has 11 amide bonds. The smallest absolute Gasteiger partial charge is 0.248 e. The maximum absolute atomic E-state index is 15.5. The van der Waals surface area contributed by atoms with Gasteiger partial charge in [-0.2, -0.15) is 0 Å². The Kier molecular flexibility index (Phi) is 27.7. The van der Waals surface area contributed by atoms with Crippen molar-refractivity contribution in [1.29, 1.82) is 0 Å². The van der Waals surface area contributed by atoms with E-state index in [1.165, 1.54) is 55.4 Å². The number of nitrogens with zero attached hydrogens (tertiary/aromatic N) is 8. The molecule has 0 aromatic rings. The zero-order valence-corrected chi connectivity index (χ0v) is 61.4. The summed E-state index contributed by atoms with van der Waals surface area (Å²) in [5.41, 5.74) is -1.83. The molecule has 5 aliphatic heterocycles. The van der Waals surface area contributed by atoms with Crippen LogP contribution in [0.3, 0.4) is 0 Å². The second kappa shape index (κ2) is 34.3. The van der Waals surface area contributed by atoms with Crippen LogP contribution in [0.15, 0.2) is 24.3 Å². The molecule has 8 rings (SSSR count). The summed E-state index contributed by atoms with van der Waals surface area (Å²) in [6, 6.07) is -8.16. The van der Waals surface area contributed by atoms with Crippen LogP contribution in [0.25, 0.3) is 0 Å². The molecule has 24 heteroatoms. The van der Waals surface area contributed by atoms with Gasteiger partial charge in [-0.05, 0) is 164 Å². The van der Waals surface area contributed by atoms with Gasteiger partial charge in [0, 0.05) is 73.2 Å². The van der Waals surface area contributed by atoms with Crippen LogP contribution < -0.4 is 16.0 Å². The van der Waals surface area contributed by atoms with Gasteiger partial charge < -0.3 is 55.1 Å². The molecular weight excluding hydrogens is 1270 g/mol.